The number of benzene rings is 2. The number of H-pyrrole nitrogens is 1. The predicted molar refractivity (Wildman–Crippen MR) is 113 cm³/mol. The molecule has 0 saturated carbocycles. The Bertz CT molecular complexity index is 1110. The number of rotatable bonds is 8. The number of ketones is 1. The number of Topliss-reactive ketones (excluding diaryl/α,β-unsaturated/α-hetero) is 1. The Morgan fingerprint density at radius 3 is 2.33 bits per heavy atom. The molecule has 1 aromatic heterocycles. The molecule has 0 radical (unpaired) electrons. The van der Waals surface area contributed by atoms with Crippen LogP contribution in [0.25, 0.3) is 17.0 Å². The maximum absolute atomic E-state index is 12.6. The fourth-order valence-corrected chi connectivity index (χ4v) is 3.23. The van der Waals surface area contributed by atoms with Gasteiger partial charge in [0.2, 0.25) is 5.78 Å². The van der Waals surface area contributed by atoms with E-state index in [0.717, 1.165) is 16.6 Å². The number of fused-ring (bicyclic) bond motifs is 1. The third-order valence-corrected chi connectivity index (χ3v) is 4.65. The number of hydrogen-bond acceptors (Lipinski definition) is 6. The first-order valence-corrected chi connectivity index (χ1v) is 9.23. The zero-order valence-corrected chi connectivity index (χ0v) is 17.3. The summed E-state index contributed by atoms with van der Waals surface area (Å²) in [6.07, 6.45) is 2.77. The van der Waals surface area contributed by atoms with Crippen molar-refractivity contribution >= 4 is 28.7 Å². The smallest absolute Gasteiger partial charge is 0.331 e. The van der Waals surface area contributed by atoms with Crippen LogP contribution < -0.4 is 14.2 Å². The lowest BCUT2D eigenvalue weighted by molar-refractivity contribution is -0.136. The number of aryl methyl sites for hydroxylation is 1. The highest BCUT2D eigenvalue weighted by Crippen LogP contribution is 2.35. The van der Waals surface area contributed by atoms with Gasteiger partial charge in [0.15, 0.2) is 18.1 Å². The summed E-state index contributed by atoms with van der Waals surface area (Å²) in [6, 6.07) is 10.8. The predicted octanol–water partition coefficient (Wildman–Crippen LogP) is 3.94. The van der Waals surface area contributed by atoms with E-state index in [0.29, 0.717) is 28.4 Å². The molecule has 7 heteroatoms. The molecule has 0 atom stereocenters. The SMILES string of the molecule is COc1cc(OC)c(OC)cc1/C=C/C(=O)OCC(=O)c1c(C)[nH]c2ccccc12. The largest absolute Gasteiger partial charge is 0.496 e. The van der Waals surface area contributed by atoms with Gasteiger partial charge < -0.3 is 23.9 Å². The minimum atomic E-state index is -0.641. The fourth-order valence-electron chi connectivity index (χ4n) is 3.23. The molecule has 0 bridgehead atoms. The monoisotopic (exact) mass is 409 g/mol. The molecule has 0 unspecified atom stereocenters. The normalized spacial score (nSPS) is 10.9. The van der Waals surface area contributed by atoms with Gasteiger partial charge in [0, 0.05) is 39.9 Å². The molecule has 1 heterocycles. The second-order valence-electron chi connectivity index (χ2n) is 6.48. The number of ether oxygens (including phenoxy) is 4. The molecule has 0 fully saturated rings. The number of carbonyl (C=O) groups is 2. The van der Waals surface area contributed by atoms with Gasteiger partial charge in [0.25, 0.3) is 0 Å². The van der Waals surface area contributed by atoms with E-state index in [4.69, 9.17) is 18.9 Å². The summed E-state index contributed by atoms with van der Waals surface area (Å²) in [5, 5.41) is 0.807. The molecule has 2 aromatic carbocycles. The van der Waals surface area contributed by atoms with Crippen LogP contribution in [0.1, 0.15) is 21.6 Å². The van der Waals surface area contributed by atoms with Gasteiger partial charge in [-0.25, -0.2) is 4.79 Å². The maximum Gasteiger partial charge on any atom is 0.331 e. The summed E-state index contributed by atoms with van der Waals surface area (Å²) >= 11 is 0. The molecule has 0 amide bonds. The highest BCUT2D eigenvalue weighted by Gasteiger charge is 2.17. The second-order valence-corrected chi connectivity index (χ2v) is 6.48. The number of esters is 1. The van der Waals surface area contributed by atoms with Crippen molar-refractivity contribution in [2.75, 3.05) is 27.9 Å². The zero-order chi connectivity index (χ0) is 21.7. The summed E-state index contributed by atoms with van der Waals surface area (Å²) in [5.41, 5.74) is 2.74. The van der Waals surface area contributed by atoms with Gasteiger partial charge in [0.05, 0.1) is 21.3 Å². The lowest BCUT2D eigenvalue weighted by Gasteiger charge is -2.12. The van der Waals surface area contributed by atoms with Crippen molar-refractivity contribution in [3.8, 4) is 17.2 Å². The molecular formula is C23H23NO6. The zero-order valence-electron chi connectivity index (χ0n) is 17.3. The van der Waals surface area contributed by atoms with E-state index in [-0.39, 0.29) is 12.4 Å². The molecule has 1 N–H and O–H groups in total. The van der Waals surface area contributed by atoms with Crippen LogP contribution in [-0.2, 0) is 9.53 Å². The Kier molecular flexibility index (Phi) is 6.41. The van der Waals surface area contributed by atoms with E-state index in [2.05, 4.69) is 4.98 Å². The van der Waals surface area contributed by atoms with Crippen molar-refractivity contribution in [1.29, 1.82) is 0 Å². The van der Waals surface area contributed by atoms with E-state index in [9.17, 15) is 9.59 Å². The van der Waals surface area contributed by atoms with Crippen LogP contribution in [-0.4, -0.2) is 44.7 Å². The van der Waals surface area contributed by atoms with Gasteiger partial charge in [-0.15, -0.1) is 0 Å². The van der Waals surface area contributed by atoms with Crippen LogP contribution >= 0.6 is 0 Å². The molecular weight excluding hydrogens is 386 g/mol. The molecule has 0 aliphatic rings. The topological polar surface area (TPSA) is 86.8 Å². The highest BCUT2D eigenvalue weighted by atomic mass is 16.5. The first-order chi connectivity index (χ1) is 14.5. The average molecular weight is 409 g/mol. The van der Waals surface area contributed by atoms with Crippen LogP contribution in [0.2, 0.25) is 0 Å². The number of methoxy groups -OCH3 is 3. The van der Waals surface area contributed by atoms with Gasteiger partial charge >= 0.3 is 5.97 Å². The van der Waals surface area contributed by atoms with Crippen molar-refractivity contribution in [1.82, 2.24) is 4.98 Å². The van der Waals surface area contributed by atoms with Crippen LogP contribution in [0.15, 0.2) is 42.5 Å². The number of hydrogen-bond donors (Lipinski definition) is 1. The average Bonchev–Trinajstić information content (AvgIpc) is 3.10. The molecule has 0 spiro atoms. The van der Waals surface area contributed by atoms with Crippen molar-refractivity contribution in [2.45, 2.75) is 6.92 Å². The minimum Gasteiger partial charge on any atom is -0.496 e. The molecule has 156 valence electrons. The minimum absolute atomic E-state index is 0.268. The number of aromatic amines is 1. The molecule has 0 aliphatic carbocycles. The Morgan fingerprint density at radius 2 is 1.63 bits per heavy atom. The Hall–Kier alpha value is -3.74. The van der Waals surface area contributed by atoms with E-state index < -0.39 is 5.97 Å². The summed E-state index contributed by atoms with van der Waals surface area (Å²) in [4.78, 5) is 27.9. The molecule has 0 aliphatic heterocycles. The fraction of sp³-hybridized carbons (Fsp3) is 0.217. The van der Waals surface area contributed by atoms with E-state index >= 15 is 0 Å². The number of aromatic nitrogens is 1. The first-order valence-electron chi connectivity index (χ1n) is 9.23. The number of carbonyl (C=O) groups excluding carboxylic acids is 2. The quantitative estimate of drug-likeness (QED) is 0.344. The van der Waals surface area contributed by atoms with E-state index in [1.807, 2.05) is 31.2 Å². The Morgan fingerprint density at radius 1 is 0.967 bits per heavy atom. The summed E-state index contributed by atoms with van der Waals surface area (Å²) in [5.74, 6) is 0.598. The lowest BCUT2D eigenvalue weighted by atomic mass is 10.1. The maximum atomic E-state index is 12.6. The standard InChI is InChI=1S/C23H23NO6/c1-14-23(16-7-5-6-8-17(16)24-14)18(25)13-30-22(26)10-9-15-11-20(28-3)21(29-4)12-19(15)27-2/h5-12,24H,13H2,1-4H3/b10-9+. The number of nitrogens with one attached hydrogen (secondary N) is 1. The Labute approximate surface area is 174 Å². The third kappa shape index (κ3) is 4.30. The van der Waals surface area contributed by atoms with Crippen LogP contribution in [0.3, 0.4) is 0 Å². The van der Waals surface area contributed by atoms with Gasteiger partial charge in [-0.3, -0.25) is 4.79 Å². The van der Waals surface area contributed by atoms with Gasteiger partial charge in [-0.05, 0) is 25.1 Å². The van der Waals surface area contributed by atoms with Crippen molar-refractivity contribution in [2.24, 2.45) is 0 Å². The van der Waals surface area contributed by atoms with Crippen LogP contribution in [0.5, 0.6) is 17.2 Å². The molecule has 3 aromatic rings. The summed E-state index contributed by atoms with van der Waals surface area (Å²) < 4.78 is 21.0. The van der Waals surface area contributed by atoms with E-state index in [1.54, 1.807) is 12.1 Å². The van der Waals surface area contributed by atoms with Gasteiger partial charge in [0.1, 0.15) is 5.75 Å². The van der Waals surface area contributed by atoms with Crippen molar-refractivity contribution in [3.63, 3.8) is 0 Å². The molecule has 30 heavy (non-hydrogen) atoms. The van der Waals surface area contributed by atoms with Crippen LogP contribution in [0.4, 0.5) is 0 Å². The Balaban J connectivity index is 1.71. The van der Waals surface area contributed by atoms with E-state index in [1.165, 1.54) is 33.5 Å². The first kappa shape index (κ1) is 21.0. The molecule has 7 nitrogen and oxygen atoms in total. The van der Waals surface area contributed by atoms with Crippen molar-refractivity contribution in [3.05, 3.63) is 59.3 Å². The number of para-hydroxylation sites is 1. The molecule has 3 rings (SSSR count). The van der Waals surface area contributed by atoms with Crippen molar-refractivity contribution < 1.29 is 28.5 Å². The second kappa shape index (κ2) is 9.17. The van der Waals surface area contributed by atoms with Gasteiger partial charge in [-0.2, -0.15) is 0 Å². The highest BCUT2D eigenvalue weighted by molar-refractivity contribution is 6.10. The van der Waals surface area contributed by atoms with Gasteiger partial charge in [-0.1, -0.05) is 18.2 Å². The summed E-state index contributed by atoms with van der Waals surface area (Å²) in [7, 11) is 4.56. The third-order valence-electron chi connectivity index (χ3n) is 4.65. The van der Waals surface area contributed by atoms with Crippen LogP contribution in [0, 0.1) is 6.92 Å². The molecule has 0 saturated heterocycles. The lowest BCUT2D eigenvalue weighted by Crippen LogP contribution is -2.13. The summed E-state index contributed by atoms with van der Waals surface area (Å²) in [6.45, 7) is 1.47.